The first-order valence-electron chi connectivity index (χ1n) is 24.3. The Morgan fingerprint density at radius 3 is 2.00 bits per heavy atom. The van der Waals surface area contributed by atoms with Gasteiger partial charge >= 0.3 is 12.1 Å². The molecule has 15 heteroatoms. The van der Waals surface area contributed by atoms with Crippen molar-refractivity contribution in [2.75, 3.05) is 48.1 Å². The third-order valence-corrected chi connectivity index (χ3v) is 14.2. The van der Waals surface area contributed by atoms with Crippen LogP contribution in [0.15, 0.2) is 78.9 Å². The number of methoxy groups -OCH3 is 3. The molecule has 0 unspecified atom stereocenters. The van der Waals surface area contributed by atoms with E-state index in [0.29, 0.717) is 25.8 Å². The summed E-state index contributed by atoms with van der Waals surface area (Å²) in [6.07, 6.45) is 0.116. The van der Waals surface area contributed by atoms with Gasteiger partial charge in [-0.05, 0) is 66.3 Å². The van der Waals surface area contributed by atoms with Gasteiger partial charge in [0.15, 0.2) is 0 Å². The fourth-order valence-electron chi connectivity index (χ4n) is 9.89. The van der Waals surface area contributed by atoms with Gasteiger partial charge in [0.1, 0.15) is 18.7 Å². The number of hydrogen-bond acceptors (Lipinski definition) is 10. The molecular weight excluding hydrogens is 879 g/mol. The van der Waals surface area contributed by atoms with Crippen LogP contribution in [-0.2, 0) is 49.3 Å². The topological polar surface area (TPSA) is 182 Å². The van der Waals surface area contributed by atoms with Gasteiger partial charge in [-0.1, -0.05) is 120 Å². The predicted molar refractivity (Wildman–Crippen MR) is 264 cm³/mol. The molecule has 0 bridgehead atoms. The van der Waals surface area contributed by atoms with Crippen molar-refractivity contribution in [3.05, 3.63) is 95.6 Å². The maximum absolute atomic E-state index is 14.6. The molecule has 376 valence electrons. The molecule has 0 aromatic heterocycles. The van der Waals surface area contributed by atoms with Crippen LogP contribution >= 0.6 is 0 Å². The largest absolute Gasteiger partial charge is 0.467 e. The highest BCUT2D eigenvalue weighted by atomic mass is 16.5. The van der Waals surface area contributed by atoms with Crippen LogP contribution in [0.1, 0.15) is 96.8 Å². The summed E-state index contributed by atoms with van der Waals surface area (Å²) in [5.74, 6) is -3.20. The Labute approximate surface area is 408 Å². The number of likely N-dealkylation sites (tertiary alicyclic amines) is 1. The van der Waals surface area contributed by atoms with Crippen LogP contribution in [-0.4, -0.2) is 130 Å². The Morgan fingerprint density at radius 2 is 1.43 bits per heavy atom. The van der Waals surface area contributed by atoms with Gasteiger partial charge in [-0.3, -0.25) is 19.2 Å². The van der Waals surface area contributed by atoms with E-state index < -0.39 is 71.6 Å². The summed E-state index contributed by atoms with van der Waals surface area (Å²) >= 11 is 0. The van der Waals surface area contributed by atoms with Crippen LogP contribution in [0.3, 0.4) is 0 Å². The standard InChI is InChI=1S/C54H75N5O10/c1-12-34(4)47(44(66-9)30-45(60)59-28-20-27-43(59)48(67-10)35(5)49(61)56-42(51(63)68-11)29-36-21-14-13-15-22-36)58(8)50(62)46(33(2)3)57-52(64)54(6,7)32-55-53(65)69-31-41-39-25-18-16-23-37(39)38-24-17-19-26-40(38)41/h13-19,21-26,33-35,41-44,46-48H,12,20,27-32H2,1-11H3,(H,55,65)(H,56,61)(H,57,64)/t34-,35+,42-,43-,44+,46-,47-,48+/m0/s1. The van der Waals surface area contributed by atoms with Gasteiger partial charge in [0, 0.05) is 46.7 Å². The highest BCUT2D eigenvalue weighted by molar-refractivity contribution is 5.91. The van der Waals surface area contributed by atoms with Crippen molar-refractivity contribution < 1.29 is 47.7 Å². The molecule has 1 aliphatic carbocycles. The number of carbonyl (C=O) groups is 6. The van der Waals surface area contributed by atoms with Gasteiger partial charge in [-0.25, -0.2) is 9.59 Å². The lowest BCUT2D eigenvalue weighted by molar-refractivity contribution is -0.149. The minimum absolute atomic E-state index is 0.0408. The third kappa shape index (κ3) is 13.1. The molecule has 1 aliphatic heterocycles. The molecule has 3 N–H and O–H groups in total. The predicted octanol–water partition coefficient (Wildman–Crippen LogP) is 6.51. The van der Waals surface area contributed by atoms with Crippen LogP contribution in [0.25, 0.3) is 11.1 Å². The van der Waals surface area contributed by atoms with Crippen molar-refractivity contribution in [3.8, 4) is 11.1 Å². The van der Waals surface area contributed by atoms with E-state index in [1.54, 1.807) is 37.6 Å². The molecule has 0 saturated carbocycles. The van der Waals surface area contributed by atoms with Crippen LogP contribution in [0, 0.1) is 23.2 Å². The number of nitrogens with one attached hydrogen (secondary N) is 3. The van der Waals surface area contributed by atoms with E-state index in [1.165, 1.54) is 21.3 Å². The molecule has 8 atom stereocenters. The zero-order valence-electron chi connectivity index (χ0n) is 42.4. The first-order valence-corrected chi connectivity index (χ1v) is 24.3. The van der Waals surface area contributed by atoms with Crippen LogP contribution in [0.5, 0.6) is 0 Å². The molecule has 69 heavy (non-hydrogen) atoms. The van der Waals surface area contributed by atoms with E-state index in [-0.39, 0.29) is 55.6 Å². The van der Waals surface area contributed by atoms with Crippen molar-refractivity contribution >= 4 is 35.7 Å². The molecule has 0 spiro atoms. The summed E-state index contributed by atoms with van der Waals surface area (Å²) in [6.45, 7) is 13.4. The lowest BCUT2D eigenvalue weighted by atomic mass is 9.88. The summed E-state index contributed by atoms with van der Waals surface area (Å²) in [4.78, 5) is 85.9. The summed E-state index contributed by atoms with van der Waals surface area (Å²) < 4.78 is 22.8. The number of fused-ring (bicyclic) bond motifs is 3. The first-order chi connectivity index (χ1) is 32.9. The van der Waals surface area contributed by atoms with Crippen LogP contribution in [0.4, 0.5) is 4.79 Å². The number of esters is 1. The second-order valence-corrected chi connectivity index (χ2v) is 19.6. The van der Waals surface area contributed by atoms with E-state index in [4.69, 9.17) is 18.9 Å². The zero-order chi connectivity index (χ0) is 50.6. The van der Waals surface area contributed by atoms with Crippen molar-refractivity contribution in [2.24, 2.45) is 23.2 Å². The summed E-state index contributed by atoms with van der Waals surface area (Å²) in [6, 6.07) is 22.7. The van der Waals surface area contributed by atoms with Crippen molar-refractivity contribution in [1.82, 2.24) is 25.8 Å². The zero-order valence-corrected chi connectivity index (χ0v) is 42.4. The highest BCUT2D eigenvalue weighted by Crippen LogP contribution is 2.44. The molecule has 1 heterocycles. The van der Waals surface area contributed by atoms with E-state index in [0.717, 1.165) is 27.8 Å². The highest BCUT2D eigenvalue weighted by Gasteiger charge is 2.44. The second-order valence-electron chi connectivity index (χ2n) is 19.6. The molecule has 5 amide bonds. The van der Waals surface area contributed by atoms with Gasteiger partial charge in [0.05, 0.1) is 49.2 Å². The van der Waals surface area contributed by atoms with Crippen molar-refractivity contribution in [2.45, 2.75) is 123 Å². The molecule has 0 radical (unpaired) electrons. The van der Waals surface area contributed by atoms with Crippen molar-refractivity contribution in [3.63, 3.8) is 0 Å². The maximum atomic E-state index is 14.6. The SMILES string of the molecule is CC[C@H](C)[C@@H]([C@@H](CC(=O)N1CCC[C@H]1[C@H](OC)[C@@H](C)C(=O)N[C@@H](Cc1ccccc1)C(=O)OC)OC)N(C)C(=O)[C@@H](NC(=O)C(C)(C)CNC(=O)OCC1c2ccccc2-c2ccccc21)C(C)C. The molecule has 1 saturated heterocycles. The van der Waals surface area contributed by atoms with Crippen LogP contribution < -0.4 is 16.0 Å². The Bertz CT molecular complexity index is 2190. The Hall–Kier alpha value is -5.80. The van der Waals surface area contributed by atoms with Crippen LogP contribution in [0.2, 0.25) is 0 Å². The monoisotopic (exact) mass is 954 g/mol. The maximum Gasteiger partial charge on any atom is 0.407 e. The van der Waals surface area contributed by atoms with Gasteiger partial charge < -0.3 is 44.7 Å². The lowest BCUT2D eigenvalue weighted by Crippen LogP contribution is -2.59. The Kier molecular flexibility index (Phi) is 19.3. The number of hydrogen-bond donors (Lipinski definition) is 3. The molecular formula is C54H75N5O10. The quantitative estimate of drug-likeness (QED) is 0.0887. The fourth-order valence-corrected chi connectivity index (χ4v) is 9.89. The fraction of sp³-hybridized carbons (Fsp3) is 0.556. The van der Waals surface area contributed by atoms with E-state index in [2.05, 4.69) is 28.1 Å². The molecule has 3 aromatic carbocycles. The third-order valence-electron chi connectivity index (χ3n) is 14.2. The molecule has 1 fully saturated rings. The van der Waals surface area contributed by atoms with Gasteiger partial charge in [-0.15, -0.1) is 0 Å². The van der Waals surface area contributed by atoms with Crippen molar-refractivity contribution in [1.29, 1.82) is 0 Å². The first kappa shape index (κ1) is 54.1. The van der Waals surface area contributed by atoms with E-state index >= 15 is 0 Å². The minimum atomic E-state index is -1.12. The van der Waals surface area contributed by atoms with Gasteiger partial charge in [0.25, 0.3) is 0 Å². The Balaban J connectivity index is 1.21. The minimum Gasteiger partial charge on any atom is -0.467 e. The smallest absolute Gasteiger partial charge is 0.407 e. The number of nitrogens with zero attached hydrogens (tertiary/aromatic N) is 2. The average Bonchev–Trinajstić information content (AvgIpc) is 3.96. The number of alkyl carbamates (subject to hydrolysis) is 1. The normalized spacial score (nSPS) is 17.6. The van der Waals surface area contributed by atoms with Gasteiger partial charge in [0.2, 0.25) is 23.6 Å². The second kappa shape index (κ2) is 24.7. The lowest BCUT2D eigenvalue weighted by Gasteiger charge is -2.41. The number of amides is 5. The number of ether oxygens (including phenoxy) is 4. The van der Waals surface area contributed by atoms with E-state index in [9.17, 15) is 28.8 Å². The summed E-state index contributed by atoms with van der Waals surface area (Å²) in [5.41, 5.74) is 4.17. The van der Waals surface area contributed by atoms with E-state index in [1.807, 2.05) is 94.4 Å². The number of likely N-dealkylation sites (N-methyl/N-ethyl adjacent to an activating group) is 1. The molecule has 15 nitrogen and oxygen atoms in total. The average molecular weight is 954 g/mol. The van der Waals surface area contributed by atoms with Gasteiger partial charge in [-0.2, -0.15) is 0 Å². The molecule has 5 rings (SSSR count). The molecule has 2 aliphatic rings. The number of rotatable bonds is 23. The summed E-state index contributed by atoms with van der Waals surface area (Å²) in [7, 11) is 6.00. The molecule has 3 aromatic rings. The Morgan fingerprint density at radius 1 is 0.826 bits per heavy atom. The number of carbonyl (C=O) groups excluding carboxylic acids is 6. The summed E-state index contributed by atoms with van der Waals surface area (Å²) in [5, 5.41) is 8.61. The number of benzene rings is 3.